The van der Waals surface area contributed by atoms with Gasteiger partial charge in [0, 0.05) is 34.9 Å². The van der Waals surface area contributed by atoms with Crippen LogP contribution in [0.15, 0.2) is 59.1 Å². The number of fused-ring (bicyclic) bond motifs is 5. The summed E-state index contributed by atoms with van der Waals surface area (Å²) >= 11 is 1.79. The van der Waals surface area contributed by atoms with E-state index < -0.39 is 11.8 Å². The fraction of sp³-hybridized carbons (Fsp3) is 0.240. The molecule has 0 unspecified atom stereocenters. The predicted octanol–water partition coefficient (Wildman–Crippen LogP) is 7.76. The molecule has 3 aromatic heterocycles. The molecule has 2 aromatic carbocycles. The third-order valence-electron chi connectivity index (χ3n) is 4.82. The van der Waals surface area contributed by atoms with Crippen LogP contribution in [0.4, 0.5) is 0 Å². The third-order valence-corrected chi connectivity index (χ3v) is 5.91. The zero-order valence-electron chi connectivity index (χ0n) is 18.5. The van der Waals surface area contributed by atoms with E-state index in [-0.39, 0.29) is 0 Å². The lowest BCUT2D eigenvalue weighted by Gasteiger charge is -2.18. The Balaban J connectivity index is 1.77. The molecule has 0 bridgehead atoms. The number of hydrogen-bond acceptors (Lipinski definition) is 3. The zero-order chi connectivity index (χ0) is 21.3. The summed E-state index contributed by atoms with van der Waals surface area (Å²) in [5.74, 6) is 0. The molecule has 0 aliphatic rings. The van der Waals surface area contributed by atoms with Gasteiger partial charge in [-0.05, 0) is 66.1 Å². The molecule has 0 saturated carbocycles. The van der Waals surface area contributed by atoms with Crippen molar-refractivity contribution in [3.63, 3.8) is 0 Å². The van der Waals surface area contributed by atoms with Crippen molar-refractivity contribution in [3.8, 4) is 11.3 Å². The lowest BCUT2D eigenvalue weighted by Crippen LogP contribution is -2.09. The molecule has 0 radical (unpaired) electrons. The molecule has 0 amide bonds. The number of hydrogen-bond donors (Lipinski definition) is 0. The molecule has 0 spiro atoms. The normalized spacial score (nSPS) is 14.0. The van der Waals surface area contributed by atoms with E-state index >= 15 is 0 Å². The van der Waals surface area contributed by atoms with Gasteiger partial charge in [-0.2, -0.15) is 0 Å². The summed E-state index contributed by atoms with van der Waals surface area (Å²) < 4.78 is 24.8. The molecular weight excluding hydrogens is 362 g/mol. The Morgan fingerprint density at radius 3 is 2.79 bits per heavy atom. The Labute approximate surface area is 171 Å². The van der Waals surface area contributed by atoms with Gasteiger partial charge in [-0.3, -0.25) is 4.98 Å². The first-order chi connectivity index (χ1) is 14.2. The standard InChI is InChI=1S/C25H23NOS/c1-15-12-17-8-9-21-22(24(17)28-15)19-7-5-6-18(23(19)27-21)20-13-16(10-11-26-20)14-25(2,3)4/h5-13H,14H2,1-4H3/i14D2. The van der Waals surface area contributed by atoms with Crippen molar-refractivity contribution >= 4 is 43.4 Å². The van der Waals surface area contributed by atoms with Crippen LogP contribution in [0.25, 0.3) is 43.3 Å². The van der Waals surface area contributed by atoms with Crippen molar-refractivity contribution in [1.29, 1.82) is 0 Å². The molecule has 0 N–H and O–H groups in total. The van der Waals surface area contributed by atoms with Crippen LogP contribution in [-0.4, -0.2) is 4.98 Å². The first kappa shape index (κ1) is 15.3. The molecule has 0 saturated heterocycles. The molecule has 0 aliphatic heterocycles. The maximum absolute atomic E-state index is 8.64. The van der Waals surface area contributed by atoms with E-state index in [0.29, 0.717) is 5.56 Å². The zero-order valence-corrected chi connectivity index (χ0v) is 17.3. The van der Waals surface area contributed by atoms with Gasteiger partial charge in [0.2, 0.25) is 0 Å². The number of aromatic nitrogens is 1. The molecule has 5 rings (SSSR count). The third kappa shape index (κ3) is 2.91. The summed E-state index contributed by atoms with van der Waals surface area (Å²) in [5, 5.41) is 3.45. The highest BCUT2D eigenvalue weighted by molar-refractivity contribution is 7.20. The quantitative estimate of drug-likeness (QED) is 0.309. The average molecular weight is 388 g/mol. The number of nitrogens with zero attached hydrogens (tertiary/aromatic N) is 1. The highest BCUT2D eigenvalue weighted by atomic mass is 32.1. The highest BCUT2D eigenvalue weighted by Crippen LogP contribution is 2.41. The van der Waals surface area contributed by atoms with Crippen LogP contribution >= 0.6 is 11.3 Å². The monoisotopic (exact) mass is 387 g/mol. The summed E-state index contributed by atoms with van der Waals surface area (Å²) in [6.45, 7) is 7.88. The van der Waals surface area contributed by atoms with Crippen molar-refractivity contribution in [2.45, 2.75) is 34.1 Å². The first-order valence-corrected chi connectivity index (χ1v) is 10.3. The lowest BCUT2D eigenvalue weighted by molar-refractivity contribution is 0.411. The lowest BCUT2D eigenvalue weighted by atomic mass is 9.88. The fourth-order valence-electron chi connectivity index (χ4n) is 3.80. The fourth-order valence-corrected chi connectivity index (χ4v) is 4.86. The van der Waals surface area contributed by atoms with Gasteiger partial charge in [0.15, 0.2) is 0 Å². The SMILES string of the molecule is [2H]C([2H])(c1ccnc(-c2cccc3c2oc2ccc4cc(C)sc4c23)c1)C(C)(C)C. The number of furan rings is 1. The number of para-hydroxylation sites is 1. The van der Waals surface area contributed by atoms with Gasteiger partial charge >= 0.3 is 0 Å². The second-order valence-electron chi connectivity index (χ2n) is 8.30. The minimum absolute atomic E-state index is 0.528. The minimum atomic E-state index is -1.48. The number of pyridine rings is 1. The molecule has 5 aromatic rings. The Kier molecular flexibility index (Phi) is 3.38. The van der Waals surface area contributed by atoms with E-state index in [4.69, 9.17) is 7.16 Å². The Morgan fingerprint density at radius 1 is 1.11 bits per heavy atom. The summed E-state index contributed by atoms with van der Waals surface area (Å²) in [6, 6.07) is 16.1. The van der Waals surface area contributed by atoms with Crippen LogP contribution in [-0.2, 0) is 6.37 Å². The predicted molar refractivity (Wildman–Crippen MR) is 120 cm³/mol. The number of rotatable bonds is 2. The van der Waals surface area contributed by atoms with E-state index in [1.807, 2.05) is 45.0 Å². The Hall–Kier alpha value is -2.65. The van der Waals surface area contributed by atoms with E-state index in [2.05, 4.69) is 30.1 Å². The summed E-state index contributed by atoms with van der Waals surface area (Å²) in [4.78, 5) is 5.85. The average Bonchev–Trinajstić information content (AvgIpc) is 3.26. The molecule has 0 atom stereocenters. The maximum Gasteiger partial charge on any atom is 0.144 e. The van der Waals surface area contributed by atoms with Crippen LogP contribution in [0.1, 0.15) is 34.0 Å². The van der Waals surface area contributed by atoms with E-state index in [1.165, 1.54) is 15.0 Å². The smallest absolute Gasteiger partial charge is 0.144 e. The molecule has 0 fully saturated rings. The summed E-state index contributed by atoms with van der Waals surface area (Å²) in [5.41, 5.74) is 3.38. The van der Waals surface area contributed by atoms with Gasteiger partial charge in [-0.15, -0.1) is 11.3 Å². The number of aryl methyl sites for hydroxylation is 1. The van der Waals surface area contributed by atoms with Gasteiger partial charge in [-0.1, -0.05) is 32.9 Å². The van der Waals surface area contributed by atoms with Gasteiger partial charge in [0.1, 0.15) is 11.2 Å². The number of benzene rings is 2. The van der Waals surface area contributed by atoms with E-state index in [9.17, 15) is 0 Å². The maximum atomic E-state index is 8.64. The second-order valence-corrected chi connectivity index (χ2v) is 9.56. The van der Waals surface area contributed by atoms with Gasteiger partial charge in [-0.25, -0.2) is 0 Å². The van der Waals surface area contributed by atoms with E-state index in [0.717, 1.165) is 33.2 Å². The molecular formula is C25H23NOS. The van der Waals surface area contributed by atoms with Gasteiger partial charge in [0.25, 0.3) is 0 Å². The minimum Gasteiger partial charge on any atom is -0.455 e. The summed E-state index contributed by atoms with van der Waals surface area (Å²) in [6.07, 6.45) is 0.212. The van der Waals surface area contributed by atoms with Gasteiger partial charge in [0.05, 0.1) is 5.69 Å². The molecule has 0 aliphatic carbocycles. The topological polar surface area (TPSA) is 26.0 Å². The molecule has 3 heterocycles. The van der Waals surface area contributed by atoms with Crippen LogP contribution in [0.5, 0.6) is 0 Å². The van der Waals surface area contributed by atoms with Gasteiger partial charge < -0.3 is 4.42 Å². The summed E-state index contributed by atoms with van der Waals surface area (Å²) in [7, 11) is 0. The molecule has 3 heteroatoms. The second kappa shape index (κ2) is 6.18. The van der Waals surface area contributed by atoms with Crippen LogP contribution in [0.3, 0.4) is 0 Å². The molecule has 140 valence electrons. The van der Waals surface area contributed by atoms with Crippen LogP contribution in [0, 0.1) is 12.3 Å². The van der Waals surface area contributed by atoms with Crippen molar-refractivity contribution < 1.29 is 7.16 Å². The van der Waals surface area contributed by atoms with Crippen molar-refractivity contribution in [1.82, 2.24) is 4.98 Å². The van der Waals surface area contributed by atoms with Crippen molar-refractivity contribution in [2.75, 3.05) is 0 Å². The van der Waals surface area contributed by atoms with Crippen LogP contribution in [0.2, 0.25) is 0 Å². The van der Waals surface area contributed by atoms with Crippen molar-refractivity contribution in [3.05, 3.63) is 65.2 Å². The van der Waals surface area contributed by atoms with Crippen LogP contribution < -0.4 is 0 Å². The molecule has 2 nitrogen and oxygen atoms in total. The first-order valence-electron chi connectivity index (χ1n) is 10.5. The number of thiophene rings is 1. The van der Waals surface area contributed by atoms with E-state index in [1.54, 1.807) is 23.6 Å². The largest absolute Gasteiger partial charge is 0.455 e. The Morgan fingerprint density at radius 2 is 1.96 bits per heavy atom. The highest BCUT2D eigenvalue weighted by Gasteiger charge is 2.17. The van der Waals surface area contributed by atoms with Crippen molar-refractivity contribution in [2.24, 2.45) is 5.41 Å². The molecule has 28 heavy (non-hydrogen) atoms. The Bertz CT molecular complexity index is 1420.